The largest absolute Gasteiger partial charge is 0.330 e. The van der Waals surface area contributed by atoms with Gasteiger partial charge in [0.25, 0.3) is 0 Å². The Balaban J connectivity index is 2.87. The Labute approximate surface area is 98.2 Å². The summed E-state index contributed by atoms with van der Waals surface area (Å²) in [4.78, 5) is 25.8. The van der Waals surface area contributed by atoms with Crippen molar-refractivity contribution in [2.24, 2.45) is 5.92 Å². The van der Waals surface area contributed by atoms with Crippen LogP contribution in [-0.4, -0.2) is 28.7 Å². The summed E-state index contributed by atoms with van der Waals surface area (Å²) in [7, 11) is 0. The molecule has 0 aromatic rings. The van der Waals surface area contributed by atoms with Gasteiger partial charge in [-0.05, 0) is 26.2 Å². The summed E-state index contributed by atoms with van der Waals surface area (Å²) >= 11 is 0. The number of carbonyl (C=O) groups is 2. The number of rotatable bonds is 3. The van der Waals surface area contributed by atoms with E-state index in [0.29, 0.717) is 6.42 Å². The second kappa shape index (κ2) is 5.46. The summed E-state index contributed by atoms with van der Waals surface area (Å²) < 4.78 is 0. The van der Waals surface area contributed by atoms with Gasteiger partial charge in [-0.15, -0.1) is 0 Å². The fraction of sp³-hybridized carbons (Fsp3) is 0.846. The van der Waals surface area contributed by atoms with Crippen molar-refractivity contribution < 1.29 is 9.59 Å². The number of Topliss-reactive ketones (excluding diaryl/α,β-unsaturated/α-hetero) is 1. The van der Waals surface area contributed by atoms with E-state index in [1.54, 1.807) is 0 Å². The van der Waals surface area contributed by atoms with Gasteiger partial charge in [-0.1, -0.05) is 20.8 Å². The molecule has 1 fully saturated rings. The Morgan fingerprint density at radius 2 is 1.94 bits per heavy atom. The average molecular weight is 225 g/mol. The lowest BCUT2D eigenvalue weighted by molar-refractivity contribution is -0.146. The van der Waals surface area contributed by atoms with Crippen LogP contribution >= 0.6 is 0 Å². The Bertz CT molecular complexity index is 273. The van der Waals surface area contributed by atoms with Crippen LogP contribution in [0.5, 0.6) is 0 Å². The fourth-order valence-electron chi connectivity index (χ4n) is 2.41. The highest BCUT2D eigenvalue weighted by Gasteiger charge is 2.35. The first-order valence-electron chi connectivity index (χ1n) is 6.33. The predicted octanol–water partition coefficient (Wildman–Crippen LogP) is 2.39. The predicted molar refractivity (Wildman–Crippen MR) is 64.1 cm³/mol. The molecule has 2 unspecified atom stereocenters. The molecule has 3 nitrogen and oxygen atoms in total. The molecule has 0 aromatic carbocycles. The zero-order valence-corrected chi connectivity index (χ0v) is 10.8. The van der Waals surface area contributed by atoms with Crippen LogP contribution in [-0.2, 0) is 9.59 Å². The number of hydrogen-bond donors (Lipinski definition) is 0. The van der Waals surface area contributed by atoms with Crippen molar-refractivity contribution in [2.75, 3.05) is 0 Å². The average Bonchev–Trinajstić information content (AvgIpc) is 2.26. The molecule has 0 saturated carbocycles. The summed E-state index contributed by atoms with van der Waals surface area (Å²) in [5, 5.41) is 0. The molecule has 0 N–H and O–H groups in total. The van der Waals surface area contributed by atoms with E-state index in [2.05, 4.69) is 6.92 Å². The molecule has 0 radical (unpaired) electrons. The summed E-state index contributed by atoms with van der Waals surface area (Å²) in [5.74, 6) is 0.312. The van der Waals surface area contributed by atoms with E-state index in [1.165, 1.54) is 0 Å². The molecule has 0 aliphatic carbocycles. The Morgan fingerprint density at radius 1 is 1.31 bits per heavy atom. The van der Waals surface area contributed by atoms with Crippen LogP contribution in [0.4, 0.5) is 0 Å². The number of hydrogen-bond acceptors (Lipinski definition) is 2. The fourth-order valence-corrected chi connectivity index (χ4v) is 2.41. The van der Waals surface area contributed by atoms with E-state index < -0.39 is 0 Å². The third kappa shape index (κ3) is 2.63. The van der Waals surface area contributed by atoms with Crippen molar-refractivity contribution in [3.8, 4) is 0 Å². The van der Waals surface area contributed by atoms with E-state index >= 15 is 0 Å². The number of amides is 1. The molecule has 16 heavy (non-hydrogen) atoms. The van der Waals surface area contributed by atoms with E-state index in [9.17, 15) is 9.59 Å². The maximum atomic E-state index is 12.1. The van der Waals surface area contributed by atoms with Crippen molar-refractivity contribution >= 4 is 11.7 Å². The number of piperidine rings is 1. The second-order valence-corrected chi connectivity index (χ2v) is 5.02. The summed E-state index contributed by atoms with van der Waals surface area (Å²) in [6, 6.07) is 0.0489. The summed E-state index contributed by atoms with van der Waals surface area (Å²) in [5.41, 5.74) is 0. The molecule has 92 valence electrons. The van der Waals surface area contributed by atoms with Crippen LogP contribution in [0.1, 0.15) is 53.4 Å². The molecule has 1 aliphatic rings. The van der Waals surface area contributed by atoms with E-state index in [1.807, 2.05) is 25.7 Å². The van der Waals surface area contributed by atoms with Gasteiger partial charge < -0.3 is 4.90 Å². The van der Waals surface area contributed by atoms with Gasteiger partial charge in [0, 0.05) is 18.4 Å². The van der Waals surface area contributed by atoms with E-state index in [4.69, 9.17) is 0 Å². The van der Waals surface area contributed by atoms with Crippen LogP contribution in [0, 0.1) is 5.92 Å². The molecular weight excluding hydrogens is 202 g/mol. The first kappa shape index (κ1) is 13.2. The van der Waals surface area contributed by atoms with E-state index in [0.717, 1.165) is 19.3 Å². The number of ketones is 1. The zero-order chi connectivity index (χ0) is 12.3. The van der Waals surface area contributed by atoms with Crippen LogP contribution in [0.15, 0.2) is 0 Å². The summed E-state index contributed by atoms with van der Waals surface area (Å²) in [6.07, 6.45) is 3.44. The van der Waals surface area contributed by atoms with Gasteiger partial charge in [0.2, 0.25) is 5.91 Å². The van der Waals surface area contributed by atoms with Crippen molar-refractivity contribution in [3.63, 3.8) is 0 Å². The number of likely N-dealkylation sites (tertiary alicyclic amines) is 1. The molecule has 1 heterocycles. The van der Waals surface area contributed by atoms with Gasteiger partial charge in [-0.2, -0.15) is 0 Å². The zero-order valence-electron chi connectivity index (χ0n) is 10.8. The molecule has 0 spiro atoms. The second-order valence-electron chi connectivity index (χ2n) is 5.02. The van der Waals surface area contributed by atoms with Gasteiger partial charge in [-0.3, -0.25) is 9.59 Å². The minimum Gasteiger partial charge on any atom is -0.330 e. The van der Waals surface area contributed by atoms with Gasteiger partial charge in [0.05, 0.1) is 6.04 Å². The normalized spacial score (nSPS) is 25.9. The smallest absolute Gasteiger partial charge is 0.225 e. The number of nitrogens with zero attached hydrogens (tertiary/aromatic N) is 1. The van der Waals surface area contributed by atoms with Crippen molar-refractivity contribution in [2.45, 2.75) is 65.5 Å². The minimum atomic E-state index is -0.163. The van der Waals surface area contributed by atoms with Crippen LogP contribution < -0.4 is 0 Å². The van der Waals surface area contributed by atoms with Crippen molar-refractivity contribution in [1.82, 2.24) is 4.90 Å². The first-order valence-corrected chi connectivity index (χ1v) is 6.33. The third-order valence-corrected chi connectivity index (χ3v) is 3.38. The Kier molecular flexibility index (Phi) is 4.51. The number of carbonyl (C=O) groups excluding carboxylic acids is 2. The quantitative estimate of drug-likeness (QED) is 0.739. The topological polar surface area (TPSA) is 37.4 Å². The van der Waals surface area contributed by atoms with Gasteiger partial charge in [0.15, 0.2) is 5.78 Å². The standard InChI is InChI=1S/C13H23NO2/c1-5-12(15)11-8-6-7-10(4)14(11)13(16)9(2)3/h9-11H,5-8H2,1-4H3. The third-order valence-electron chi connectivity index (χ3n) is 3.38. The van der Waals surface area contributed by atoms with Gasteiger partial charge >= 0.3 is 0 Å². The molecular formula is C13H23NO2. The Hall–Kier alpha value is -0.860. The van der Waals surface area contributed by atoms with Gasteiger partial charge in [-0.25, -0.2) is 0 Å². The molecule has 0 bridgehead atoms. The lowest BCUT2D eigenvalue weighted by Gasteiger charge is -2.40. The highest BCUT2D eigenvalue weighted by molar-refractivity contribution is 5.89. The highest BCUT2D eigenvalue weighted by atomic mass is 16.2. The maximum Gasteiger partial charge on any atom is 0.225 e. The van der Waals surface area contributed by atoms with Crippen LogP contribution in [0.25, 0.3) is 0 Å². The van der Waals surface area contributed by atoms with Crippen LogP contribution in [0.2, 0.25) is 0 Å². The molecule has 3 heteroatoms. The first-order chi connectivity index (χ1) is 7.49. The lowest BCUT2D eigenvalue weighted by atomic mass is 9.91. The molecule has 1 rings (SSSR count). The lowest BCUT2D eigenvalue weighted by Crippen LogP contribution is -2.53. The highest BCUT2D eigenvalue weighted by Crippen LogP contribution is 2.25. The van der Waals surface area contributed by atoms with Gasteiger partial charge in [0.1, 0.15) is 0 Å². The van der Waals surface area contributed by atoms with Crippen molar-refractivity contribution in [3.05, 3.63) is 0 Å². The minimum absolute atomic E-state index is 0.0206. The monoisotopic (exact) mass is 225 g/mol. The molecule has 1 amide bonds. The van der Waals surface area contributed by atoms with Crippen molar-refractivity contribution in [1.29, 1.82) is 0 Å². The summed E-state index contributed by atoms with van der Waals surface area (Å²) in [6.45, 7) is 7.73. The molecule has 1 saturated heterocycles. The maximum absolute atomic E-state index is 12.1. The molecule has 0 aromatic heterocycles. The molecule has 2 atom stereocenters. The van der Waals surface area contributed by atoms with E-state index in [-0.39, 0.29) is 29.7 Å². The molecule has 1 aliphatic heterocycles. The SMILES string of the molecule is CCC(=O)C1CCCC(C)N1C(=O)C(C)C. The van der Waals surface area contributed by atoms with Crippen LogP contribution in [0.3, 0.4) is 0 Å². The Morgan fingerprint density at radius 3 is 2.44 bits per heavy atom.